The zero-order chi connectivity index (χ0) is 27.5. The molecule has 0 saturated carbocycles. The minimum atomic E-state index is -5.07. The van der Waals surface area contributed by atoms with Crippen LogP contribution in [0.1, 0.15) is 36.5 Å². The molecule has 1 aliphatic rings. The molecular formula is C23H21Cl3F6N2O2. The van der Waals surface area contributed by atoms with Crippen molar-refractivity contribution in [3.05, 3.63) is 62.1 Å². The number of halogens is 9. The van der Waals surface area contributed by atoms with Gasteiger partial charge in [0, 0.05) is 25.2 Å². The van der Waals surface area contributed by atoms with Crippen molar-refractivity contribution in [2.24, 2.45) is 0 Å². The van der Waals surface area contributed by atoms with E-state index in [0.29, 0.717) is 17.4 Å². The number of hydrogen-bond acceptors (Lipinski definition) is 3. The van der Waals surface area contributed by atoms with Gasteiger partial charge in [-0.2, -0.15) is 26.3 Å². The summed E-state index contributed by atoms with van der Waals surface area (Å²) < 4.78 is 83.4. The third kappa shape index (κ3) is 5.93. The Hall–Kier alpha value is -2.01. The molecule has 13 heteroatoms. The van der Waals surface area contributed by atoms with Crippen molar-refractivity contribution in [3.8, 4) is 0 Å². The predicted octanol–water partition coefficient (Wildman–Crippen LogP) is 7.22. The van der Waals surface area contributed by atoms with Gasteiger partial charge in [0.15, 0.2) is 5.41 Å². The van der Waals surface area contributed by atoms with Gasteiger partial charge in [-0.1, -0.05) is 47.8 Å². The Morgan fingerprint density at radius 2 is 1.61 bits per heavy atom. The van der Waals surface area contributed by atoms with Crippen LogP contribution >= 0.6 is 34.8 Å². The average Bonchev–Trinajstić information content (AvgIpc) is 3.15. The van der Waals surface area contributed by atoms with E-state index in [-0.39, 0.29) is 32.9 Å². The molecule has 1 saturated heterocycles. The van der Waals surface area contributed by atoms with E-state index < -0.39 is 47.8 Å². The van der Waals surface area contributed by atoms with E-state index in [1.54, 1.807) is 0 Å². The fraction of sp³-hybridized carbons (Fsp3) is 0.391. The van der Waals surface area contributed by atoms with Gasteiger partial charge in [-0.15, -0.1) is 0 Å². The standard InChI is InChI=1S/C20H15Cl3F6N2O.C3H6O/c1-30-9-10-2-3-12(8-13(10)19(24,25)26)31-5-4-18(17(31)32,20(27,28)29)11-6-14(21)16(23)15(22)7-11;1-2-3-4/h2-3,6-8,30H,4-5,9H2,1H3;3H,2H2,1H3. The molecule has 0 spiro atoms. The van der Waals surface area contributed by atoms with Crippen LogP contribution in [-0.2, 0) is 27.7 Å². The molecule has 1 amide bonds. The molecule has 3 rings (SSSR count). The molecule has 1 N–H and O–H groups in total. The number of carbonyl (C=O) groups is 2. The minimum Gasteiger partial charge on any atom is -0.316 e. The molecule has 1 heterocycles. The summed E-state index contributed by atoms with van der Waals surface area (Å²) >= 11 is 17.6. The molecule has 0 aromatic heterocycles. The first-order valence-electron chi connectivity index (χ1n) is 10.5. The van der Waals surface area contributed by atoms with Crippen molar-refractivity contribution in [3.63, 3.8) is 0 Å². The van der Waals surface area contributed by atoms with Gasteiger partial charge in [0.2, 0.25) is 5.91 Å². The minimum absolute atomic E-state index is 0.103. The molecular weight excluding hydrogens is 557 g/mol. The van der Waals surface area contributed by atoms with E-state index in [1.165, 1.54) is 13.1 Å². The number of aldehydes is 1. The number of nitrogens with one attached hydrogen (secondary N) is 1. The van der Waals surface area contributed by atoms with Crippen molar-refractivity contribution in [2.75, 3.05) is 18.5 Å². The van der Waals surface area contributed by atoms with Crippen LogP contribution in [0.15, 0.2) is 30.3 Å². The molecule has 1 atom stereocenters. The molecule has 0 bridgehead atoms. The Bertz CT molecular complexity index is 1100. The van der Waals surface area contributed by atoms with Gasteiger partial charge in [0.05, 0.1) is 20.6 Å². The number of nitrogens with zero attached hydrogens (tertiary/aromatic N) is 1. The number of benzene rings is 2. The Labute approximate surface area is 218 Å². The van der Waals surface area contributed by atoms with Crippen LogP contribution in [0.4, 0.5) is 32.0 Å². The lowest BCUT2D eigenvalue weighted by molar-refractivity contribution is -0.190. The van der Waals surface area contributed by atoms with Gasteiger partial charge in [-0.25, -0.2) is 0 Å². The highest BCUT2D eigenvalue weighted by Gasteiger charge is 2.65. The van der Waals surface area contributed by atoms with E-state index in [4.69, 9.17) is 34.8 Å². The summed E-state index contributed by atoms with van der Waals surface area (Å²) in [5, 5.41) is 1.87. The number of rotatable bonds is 5. The normalized spacial score (nSPS) is 18.2. The largest absolute Gasteiger partial charge is 0.416 e. The summed E-state index contributed by atoms with van der Waals surface area (Å²) in [6, 6.07) is 4.81. The third-order valence-electron chi connectivity index (χ3n) is 5.53. The maximum atomic E-state index is 14.3. The Kier molecular flexibility index (Phi) is 9.72. The van der Waals surface area contributed by atoms with E-state index in [0.717, 1.165) is 24.5 Å². The maximum Gasteiger partial charge on any atom is 0.416 e. The number of alkyl halides is 6. The van der Waals surface area contributed by atoms with Gasteiger partial charge in [0.25, 0.3) is 0 Å². The SMILES string of the molecule is CCC=O.CNCc1ccc(N2CCC(c3cc(Cl)c(Cl)c(Cl)c3)(C(F)(F)F)C2=O)cc1C(F)(F)F. The average molecular weight is 578 g/mol. The molecule has 2 aromatic carbocycles. The second-order valence-electron chi connectivity index (χ2n) is 7.81. The summed E-state index contributed by atoms with van der Waals surface area (Å²) in [6.07, 6.45) is -9.05. The first-order chi connectivity index (χ1) is 16.6. The summed E-state index contributed by atoms with van der Waals surface area (Å²) in [7, 11) is 1.46. The monoisotopic (exact) mass is 576 g/mol. The Balaban J connectivity index is 0.00000106. The summed E-state index contributed by atoms with van der Waals surface area (Å²) in [5.74, 6) is -1.42. The number of amides is 1. The predicted molar refractivity (Wildman–Crippen MR) is 127 cm³/mol. The van der Waals surface area contributed by atoms with Crippen LogP contribution < -0.4 is 10.2 Å². The van der Waals surface area contributed by atoms with Gasteiger partial charge < -0.3 is 15.0 Å². The highest BCUT2D eigenvalue weighted by Crippen LogP contribution is 2.51. The van der Waals surface area contributed by atoms with Crippen LogP contribution in [0.2, 0.25) is 15.1 Å². The van der Waals surface area contributed by atoms with Crippen molar-refractivity contribution < 1.29 is 35.9 Å². The first kappa shape index (κ1) is 30.2. The number of hydrogen-bond donors (Lipinski definition) is 1. The molecule has 0 radical (unpaired) electrons. The molecule has 198 valence electrons. The zero-order valence-corrected chi connectivity index (χ0v) is 21.2. The quantitative estimate of drug-likeness (QED) is 0.232. The fourth-order valence-electron chi connectivity index (χ4n) is 3.80. The molecule has 0 aliphatic carbocycles. The topological polar surface area (TPSA) is 49.4 Å². The smallest absolute Gasteiger partial charge is 0.316 e. The highest BCUT2D eigenvalue weighted by molar-refractivity contribution is 6.48. The summed E-state index contributed by atoms with van der Waals surface area (Å²) in [6.45, 7) is 1.24. The number of carbonyl (C=O) groups excluding carboxylic acids is 2. The van der Waals surface area contributed by atoms with Crippen LogP contribution in [0.25, 0.3) is 0 Å². The van der Waals surface area contributed by atoms with Crippen LogP contribution in [-0.4, -0.2) is 32.0 Å². The van der Waals surface area contributed by atoms with Crippen LogP contribution in [0, 0.1) is 0 Å². The number of anilines is 1. The van der Waals surface area contributed by atoms with Crippen LogP contribution in [0.3, 0.4) is 0 Å². The van der Waals surface area contributed by atoms with Gasteiger partial charge in [-0.05, 0) is 48.9 Å². The molecule has 4 nitrogen and oxygen atoms in total. The Morgan fingerprint density at radius 1 is 1.06 bits per heavy atom. The summed E-state index contributed by atoms with van der Waals surface area (Å²) in [5.41, 5.74) is -5.00. The molecule has 2 aromatic rings. The molecule has 1 aliphatic heterocycles. The van der Waals surface area contributed by atoms with Gasteiger partial charge in [-0.3, -0.25) is 4.79 Å². The zero-order valence-electron chi connectivity index (χ0n) is 19.0. The van der Waals surface area contributed by atoms with Gasteiger partial charge >= 0.3 is 12.4 Å². The van der Waals surface area contributed by atoms with Crippen molar-refractivity contribution in [1.29, 1.82) is 0 Å². The van der Waals surface area contributed by atoms with Crippen molar-refractivity contribution in [1.82, 2.24) is 5.32 Å². The van der Waals surface area contributed by atoms with E-state index in [2.05, 4.69) is 5.32 Å². The second-order valence-corrected chi connectivity index (χ2v) is 9.00. The fourth-order valence-corrected chi connectivity index (χ4v) is 4.40. The van der Waals surface area contributed by atoms with E-state index in [1.807, 2.05) is 6.92 Å². The molecule has 1 fully saturated rings. The van der Waals surface area contributed by atoms with Crippen LogP contribution in [0.5, 0.6) is 0 Å². The van der Waals surface area contributed by atoms with E-state index >= 15 is 0 Å². The van der Waals surface area contributed by atoms with Crippen molar-refractivity contribution in [2.45, 2.75) is 44.1 Å². The van der Waals surface area contributed by atoms with Gasteiger partial charge in [0.1, 0.15) is 6.29 Å². The highest BCUT2D eigenvalue weighted by atomic mass is 35.5. The lowest BCUT2D eigenvalue weighted by Crippen LogP contribution is -2.49. The van der Waals surface area contributed by atoms with Crippen molar-refractivity contribution >= 4 is 52.7 Å². The lowest BCUT2D eigenvalue weighted by Gasteiger charge is -2.31. The molecule has 36 heavy (non-hydrogen) atoms. The maximum absolute atomic E-state index is 14.3. The second kappa shape index (κ2) is 11.6. The lowest BCUT2D eigenvalue weighted by atomic mass is 9.78. The Morgan fingerprint density at radius 3 is 2.06 bits per heavy atom. The summed E-state index contributed by atoms with van der Waals surface area (Å²) in [4.78, 5) is 23.0. The third-order valence-corrected chi connectivity index (χ3v) is 6.72. The first-order valence-corrected chi connectivity index (χ1v) is 11.6. The molecule has 1 unspecified atom stereocenters. The van der Waals surface area contributed by atoms with E-state index in [9.17, 15) is 35.9 Å².